The van der Waals surface area contributed by atoms with Crippen LogP contribution in [0, 0.1) is 0 Å². The first-order valence-corrected chi connectivity index (χ1v) is 23.1. The minimum atomic E-state index is -2.18. The molecule has 0 aromatic heterocycles. The third-order valence-electron chi connectivity index (χ3n) is 14.8. The predicted molar refractivity (Wildman–Crippen MR) is 276 cm³/mol. The highest BCUT2D eigenvalue weighted by atomic mass is 16.8. The number of hydrogen-bond donors (Lipinski definition) is 2. The minimum absolute atomic E-state index is 0.197. The molecule has 12 aromatic carbocycles. The summed E-state index contributed by atoms with van der Waals surface area (Å²) in [5.74, 6) is -1.29. The molecule has 13 rings (SSSR count). The van der Waals surface area contributed by atoms with E-state index in [-0.39, 0.29) is 6.61 Å². The van der Waals surface area contributed by atoms with E-state index >= 15 is 10.2 Å². The predicted octanol–water partition coefficient (Wildman–Crippen LogP) is 14.6. The van der Waals surface area contributed by atoms with Gasteiger partial charge in [-0.25, -0.2) is 0 Å². The molecule has 322 valence electrons. The first kappa shape index (κ1) is 39.9. The first-order valence-electron chi connectivity index (χ1n) is 23.1. The van der Waals surface area contributed by atoms with E-state index in [0.717, 1.165) is 86.2 Å². The number of hydrogen-bond acceptors (Lipinski definition) is 4. The Morgan fingerprint density at radius 3 is 0.791 bits per heavy atom. The Labute approximate surface area is 387 Å². The molecule has 4 nitrogen and oxygen atoms in total. The molecule has 1 fully saturated rings. The molecule has 1 heterocycles. The molecule has 0 bridgehead atoms. The van der Waals surface area contributed by atoms with E-state index < -0.39 is 22.6 Å². The van der Waals surface area contributed by atoms with Crippen LogP contribution >= 0.6 is 0 Å². The molecule has 1 aliphatic rings. The van der Waals surface area contributed by atoms with Crippen LogP contribution in [0.5, 0.6) is 0 Å². The van der Waals surface area contributed by atoms with Crippen LogP contribution in [-0.2, 0) is 20.7 Å². The lowest BCUT2D eigenvalue weighted by atomic mass is 9.58. The van der Waals surface area contributed by atoms with Crippen molar-refractivity contribution in [2.75, 3.05) is 6.61 Å². The van der Waals surface area contributed by atoms with Crippen molar-refractivity contribution in [2.24, 2.45) is 0 Å². The number of rotatable bonds is 6. The van der Waals surface area contributed by atoms with E-state index in [2.05, 4.69) is 170 Å². The van der Waals surface area contributed by atoms with Gasteiger partial charge in [-0.15, -0.1) is 0 Å². The summed E-state index contributed by atoms with van der Waals surface area (Å²) in [6.07, 6.45) is 0. The fraction of sp³-hybridized carbons (Fsp3) is 0.111. The maximum atomic E-state index is 15.7. The Bertz CT molecular complexity index is 3510. The lowest BCUT2D eigenvalue weighted by molar-refractivity contribution is -0.262. The third-order valence-corrected chi connectivity index (χ3v) is 14.8. The Morgan fingerprint density at radius 1 is 0.328 bits per heavy atom. The van der Waals surface area contributed by atoms with E-state index in [1.54, 1.807) is 0 Å². The summed E-state index contributed by atoms with van der Waals surface area (Å²) in [6.45, 7) is 3.59. The Balaban J connectivity index is 1.31. The highest BCUT2D eigenvalue weighted by Crippen LogP contribution is 2.62. The van der Waals surface area contributed by atoms with Crippen molar-refractivity contribution < 1.29 is 19.7 Å². The average Bonchev–Trinajstić information content (AvgIpc) is 3.73. The maximum absolute atomic E-state index is 15.7. The molecule has 0 unspecified atom stereocenters. The fourth-order valence-electron chi connectivity index (χ4n) is 11.9. The molecule has 2 N–H and O–H groups in total. The molecule has 0 aliphatic carbocycles. The quantitative estimate of drug-likeness (QED) is 0.164. The second-order valence-electron chi connectivity index (χ2n) is 18.8. The van der Waals surface area contributed by atoms with Crippen molar-refractivity contribution >= 4 is 86.2 Å². The van der Waals surface area contributed by atoms with Gasteiger partial charge in [-0.2, -0.15) is 0 Å². The standard InChI is InChI=1S/C63H46O4/c1-60(2)66-39-61(67-60,62(64,56-35-40-19-3-7-23-44(40)48-27-11-15-31-52(48)56)57-36-41-20-4-8-24-45(41)49-28-12-16-32-53(49)57)63(65,58-37-42-21-5-9-25-46(42)50-29-13-17-33-54(50)58)59-38-43-22-6-10-26-47(43)51-30-14-18-34-55(51)59/h3-38,64-65H,39H2,1-2H3. The van der Waals surface area contributed by atoms with Crippen molar-refractivity contribution in [2.45, 2.75) is 36.4 Å². The second-order valence-corrected chi connectivity index (χ2v) is 18.8. The zero-order valence-electron chi connectivity index (χ0n) is 37.2. The molecule has 0 saturated carbocycles. The normalized spacial score (nSPS) is 15.2. The van der Waals surface area contributed by atoms with E-state index in [4.69, 9.17) is 9.47 Å². The molecule has 0 spiro atoms. The number of ether oxygens (including phenoxy) is 2. The van der Waals surface area contributed by atoms with Crippen molar-refractivity contribution in [3.05, 3.63) is 241 Å². The fourth-order valence-corrected chi connectivity index (χ4v) is 11.9. The van der Waals surface area contributed by atoms with Gasteiger partial charge in [0.25, 0.3) is 0 Å². The van der Waals surface area contributed by atoms with Gasteiger partial charge in [-0.1, -0.05) is 194 Å². The van der Waals surface area contributed by atoms with Crippen LogP contribution in [0.3, 0.4) is 0 Å². The first-order chi connectivity index (χ1) is 32.7. The molecule has 12 aromatic rings. The third kappa shape index (κ3) is 5.56. The van der Waals surface area contributed by atoms with Gasteiger partial charge in [0, 0.05) is 0 Å². The van der Waals surface area contributed by atoms with Crippen LogP contribution < -0.4 is 0 Å². The minimum Gasteiger partial charge on any atom is -0.377 e. The van der Waals surface area contributed by atoms with Gasteiger partial charge in [0.2, 0.25) is 0 Å². The number of aliphatic hydroxyl groups is 2. The number of fused-ring (bicyclic) bond motifs is 12. The zero-order chi connectivity index (χ0) is 45.1. The van der Waals surface area contributed by atoms with Gasteiger partial charge < -0.3 is 19.7 Å². The molecular weight excluding hydrogens is 821 g/mol. The average molecular weight is 867 g/mol. The molecule has 0 amide bonds. The van der Waals surface area contributed by atoms with E-state index in [0.29, 0.717) is 22.3 Å². The molecule has 1 aliphatic heterocycles. The monoisotopic (exact) mass is 866 g/mol. The van der Waals surface area contributed by atoms with Crippen LogP contribution in [0.15, 0.2) is 218 Å². The van der Waals surface area contributed by atoms with Crippen molar-refractivity contribution in [1.82, 2.24) is 0 Å². The van der Waals surface area contributed by atoms with Gasteiger partial charge in [0.15, 0.2) is 22.6 Å². The zero-order valence-corrected chi connectivity index (χ0v) is 37.2. The van der Waals surface area contributed by atoms with Crippen LogP contribution in [0.1, 0.15) is 36.1 Å². The van der Waals surface area contributed by atoms with Gasteiger partial charge in [0.1, 0.15) is 0 Å². The van der Waals surface area contributed by atoms with Crippen LogP contribution in [-0.4, -0.2) is 28.2 Å². The molecule has 0 atom stereocenters. The summed E-state index contributed by atoms with van der Waals surface area (Å²) >= 11 is 0. The van der Waals surface area contributed by atoms with Crippen molar-refractivity contribution in [1.29, 1.82) is 0 Å². The van der Waals surface area contributed by atoms with Crippen molar-refractivity contribution in [3.63, 3.8) is 0 Å². The summed E-state index contributed by atoms with van der Waals surface area (Å²) in [5.41, 5.74) is -4.01. The van der Waals surface area contributed by atoms with Gasteiger partial charge in [0.05, 0.1) is 6.61 Å². The second kappa shape index (κ2) is 14.5. The van der Waals surface area contributed by atoms with Crippen LogP contribution in [0.2, 0.25) is 0 Å². The topological polar surface area (TPSA) is 58.9 Å². The Kier molecular flexibility index (Phi) is 8.65. The van der Waals surface area contributed by atoms with E-state index in [1.807, 2.05) is 62.4 Å². The maximum Gasteiger partial charge on any atom is 0.169 e. The van der Waals surface area contributed by atoms with E-state index in [1.165, 1.54) is 0 Å². The van der Waals surface area contributed by atoms with Gasteiger partial charge in [-0.3, -0.25) is 0 Å². The largest absolute Gasteiger partial charge is 0.377 e. The summed E-state index contributed by atoms with van der Waals surface area (Å²) in [4.78, 5) is 0. The smallest absolute Gasteiger partial charge is 0.169 e. The van der Waals surface area contributed by atoms with Gasteiger partial charge >= 0.3 is 0 Å². The SMILES string of the molecule is CC1(C)OCC(C(O)(c2cc3ccccc3c3ccccc23)c2cc3ccccc3c3ccccc23)(C(O)(c2cc3ccccc3c3ccccc23)c2cc3ccccc3c3ccccc23)O1. The van der Waals surface area contributed by atoms with Crippen LogP contribution in [0.4, 0.5) is 0 Å². The van der Waals surface area contributed by atoms with Crippen LogP contribution in [0.25, 0.3) is 86.2 Å². The highest BCUT2D eigenvalue weighted by molar-refractivity contribution is 6.14. The summed E-state index contributed by atoms with van der Waals surface area (Å²) in [6, 6.07) is 75.1. The Morgan fingerprint density at radius 2 is 0.552 bits per heavy atom. The van der Waals surface area contributed by atoms with Crippen molar-refractivity contribution in [3.8, 4) is 0 Å². The summed E-state index contributed by atoms with van der Waals surface area (Å²) in [5, 5.41) is 46.7. The van der Waals surface area contributed by atoms with E-state index in [9.17, 15) is 0 Å². The lowest BCUT2D eigenvalue weighted by Crippen LogP contribution is -2.67. The Hall–Kier alpha value is -7.44. The van der Waals surface area contributed by atoms with Gasteiger partial charge in [-0.05, 0) is 147 Å². The lowest BCUT2D eigenvalue weighted by Gasteiger charge is -2.54. The summed E-state index contributed by atoms with van der Waals surface area (Å²) in [7, 11) is 0. The molecule has 1 saturated heterocycles. The molecular formula is C63H46O4. The highest BCUT2D eigenvalue weighted by Gasteiger charge is 2.72. The number of benzene rings is 12. The molecule has 67 heavy (non-hydrogen) atoms. The molecule has 0 radical (unpaired) electrons. The molecule has 4 heteroatoms. The summed E-state index contributed by atoms with van der Waals surface area (Å²) < 4.78 is 14.8.